The molecule has 0 aliphatic carbocycles. The first kappa shape index (κ1) is 22.2. The Bertz CT molecular complexity index is 1100. The van der Waals surface area contributed by atoms with Crippen LogP contribution >= 0.6 is 0 Å². The molecule has 0 spiro atoms. The van der Waals surface area contributed by atoms with Crippen LogP contribution < -0.4 is 9.64 Å². The molecule has 3 rings (SSSR count). The lowest BCUT2D eigenvalue weighted by Crippen LogP contribution is -2.17. The summed E-state index contributed by atoms with van der Waals surface area (Å²) in [6.07, 6.45) is 0. The predicted octanol–water partition coefficient (Wildman–Crippen LogP) is 5.79. The molecule has 0 aromatic heterocycles. The molecule has 0 amide bonds. The first-order valence-electron chi connectivity index (χ1n) is 9.68. The van der Waals surface area contributed by atoms with Crippen LogP contribution in [0.25, 0.3) is 11.1 Å². The van der Waals surface area contributed by atoms with Crippen LogP contribution in [0.15, 0.2) is 54.6 Å². The molecule has 0 aliphatic heterocycles. The van der Waals surface area contributed by atoms with Gasteiger partial charge in [0.15, 0.2) is 6.61 Å². The molecule has 0 N–H and O–H groups in total. The van der Waals surface area contributed by atoms with Gasteiger partial charge in [-0.15, -0.1) is 0 Å². The Hall–Kier alpha value is -3.48. The molecule has 0 unspecified atom stereocenters. The van der Waals surface area contributed by atoms with Gasteiger partial charge < -0.3 is 14.4 Å². The summed E-state index contributed by atoms with van der Waals surface area (Å²) in [6, 6.07) is 12.8. The summed E-state index contributed by atoms with van der Waals surface area (Å²) in [5.41, 5.74) is 1.74. The highest BCUT2D eigenvalue weighted by atomic mass is 19.1. The number of nitrogens with zero attached hydrogens (tertiary/aromatic N) is 1. The Morgan fingerprint density at radius 1 is 0.968 bits per heavy atom. The number of carbonyl (C=O) groups excluding carboxylic acids is 1. The number of anilines is 2. The summed E-state index contributed by atoms with van der Waals surface area (Å²) in [5, 5.41) is 0. The van der Waals surface area contributed by atoms with Crippen molar-refractivity contribution in [1.82, 2.24) is 0 Å². The van der Waals surface area contributed by atoms with Crippen molar-refractivity contribution in [3.8, 4) is 16.9 Å². The van der Waals surface area contributed by atoms with E-state index in [1.165, 1.54) is 54.4 Å². The van der Waals surface area contributed by atoms with E-state index < -0.39 is 23.4 Å². The molecule has 31 heavy (non-hydrogen) atoms. The third kappa shape index (κ3) is 4.99. The number of halogens is 3. The topological polar surface area (TPSA) is 38.8 Å². The van der Waals surface area contributed by atoms with Crippen LogP contribution in [-0.4, -0.2) is 26.2 Å². The minimum Gasteiger partial charge on any atom is -0.482 e. The second kappa shape index (κ2) is 9.55. The number of ether oxygens (including phenoxy) is 2. The zero-order valence-corrected chi connectivity index (χ0v) is 17.4. The zero-order valence-electron chi connectivity index (χ0n) is 17.4. The molecule has 3 aromatic rings. The fourth-order valence-electron chi connectivity index (χ4n) is 3.29. The standard InChI is InChI=1S/C24H22F3NO3/c1-4-30-23(29)14-31-22-11-10-20(27)24(15(22)2)28(3)21-13-17(8-9-19(21)26)16-6-5-7-18(25)12-16/h5-13H,4,14H2,1-3H3. The Labute approximate surface area is 178 Å². The summed E-state index contributed by atoms with van der Waals surface area (Å²) in [7, 11) is 1.52. The summed E-state index contributed by atoms with van der Waals surface area (Å²) >= 11 is 0. The lowest BCUT2D eigenvalue weighted by Gasteiger charge is -2.24. The summed E-state index contributed by atoms with van der Waals surface area (Å²) < 4.78 is 53.3. The van der Waals surface area contributed by atoms with Crippen LogP contribution in [0, 0.1) is 24.4 Å². The molecule has 0 fully saturated rings. The van der Waals surface area contributed by atoms with Crippen LogP contribution in [0.3, 0.4) is 0 Å². The second-order valence-corrected chi connectivity index (χ2v) is 6.85. The highest BCUT2D eigenvalue weighted by Crippen LogP contribution is 2.37. The number of hydrogen-bond acceptors (Lipinski definition) is 4. The summed E-state index contributed by atoms with van der Waals surface area (Å²) in [4.78, 5) is 12.9. The highest BCUT2D eigenvalue weighted by Gasteiger charge is 2.20. The minimum atomic E-state index is -0.584. The van der Waals surface area contributed by atoms with E-state index in [1.807, 2.05) is 0 Å². The molecule has 162 valence electrons. The van der Waals surface area contributed by atoms with E-state index >= 15 is 0 Å². The van der Waals surface area contributed by atoms with Crippen molar-refractivity contribution < 1.29 is 27.4 Å². The van der Waals surface area contributed by atoms with Crippen molar-refractivity contribution in [2.45, 2.75) is 13.8 Å². The van der Waals surface area contributed by atoms with Crippen molar-refractivity contribution in [2.24, 2.45) is 0 Å². The normalized spacial score (nSPS) is 10.6. The molecule has 7 heteroatoms. The van der Waals surface area contributed by atoms with Crippen molar-refractivity contribution in [2.75, 3.05) is 25.2 Å². The first-order chi connectivity index (χ1) is 14.8. The molecule has 0 saturated heterocycles. The van der Waals surface area contributed by atoms with Crippen LogP contribution in [0.4, 0.5) is 24.5 Å². The van der Waals surface area contributed by atoms with Gasteiger partial charge in [-0.3, -0.25) is 0 Å². The second-order valence-electron chi connectivity index (χ2n) is 6.85. The molecule has 0 aliphatic rings. The quantitative estimate of drug-likeness (QED) is 0.446. The van der Waals surface area contributed by atoms with E-state index in [4.69, 9.17) is 9.47 Å². The number of carbonyl (C=O) groups is 1. The van der Waals surface area contributed by atoms with Crippen molar-refractivity contribution >= 4 is 17.3 Å². The average molecular weight is 429 g/mol. The Kier molecular flexibility index (Phi) is 6.84. The smallest absolute Gasteiger partial charge is 0.344 e. The lowest BCUT2D eigenvalue weighted by molar-refractivity contribution is -0.145. The predicted molar refractivity (Wildman–Crippen MR) is 113 cm³/mol. The van der Waals surface area contributed by atoms with Gasteiger partial charge in [-0.2, -0.15) is 0 Å². The molecule has 0 bridgehead atoms. The molecule has 0 radical (unpaired) electrons. The van der Waals surface area contributed by atoms with Gasteiger partial charge in [-0.05, 0) is 61.4 Å². The molecular formula is C24H22F3NO3. The largest absolute Gasteiger partial charge is 0.482 e. The molecule has 0 saturated carbocycles. The van der Waals surface area contributed by atoms with E-state index in [-0.39, 0.29) is 30.3 Å². The van der Waals surface area contributed by atoms with E-state index in [0.717, 1.165) is 0 Å². The third-order valence-corrected chi connectivity index (χ3v) is 4.78. The average Bonchev–Trinajstić information content (AvgIpc) is 2.73. The van der Waals surface area contributed by atoms with Crippen LogP contribution in [-0.2, 0) is 9.53 Å². The van der Waals surface area contributed by atoms with E-state index in [2.05, 4.69) is 0 Å². The maximum absolute atomic E-state index is 14.7. The summed E-state index contributed by atoms with van der Waals surface area (Å²) in [5.74, 6) is -1.84. The van der Waals surface area contributed by atoms with E-state index in [9.17, 15) is 18.0 Å². The fourth-order valence-corrected chi connectivity index (χ4v) is 3.29. The third-order valence-electron chi connectivity index (χ3n) is 4.78. The highest BCUT2D eigenvalue weighted by molar-refractivity contribution is 5.75. The number of rotatable bonds is 7. The van der Waals surface area contributed by atoms with Crippen molar-refractivity contribution in [1.29, 1.82) is 0 Å². The number of hydrogen-bond donors (Lipinski definition) is 0. The Morgan fingerprint density at radius 3 is 2.39 bits per heavy atom. The van der Waals surface area contributed by atoms with Gasteiger partial charge in [0.25, 0.3) is 0 Å². The molecule has 4 nitrogen and oxygen atoms in total. The molecule has 0 atom stereocenters. The lowest BCUT2D eigenvalue weighted by atomic mass is 10.0. The Morgan fingerprint density at radius 2 is 1.68 bits per heavy atom. The molecule has 0 heterocycles. The number of benzene rings is 3. The van der Waals surface area contributed by atoms with E-state index in [0.29, 0.717) is 16.7 Å². The minimum absolute atomic E-state index is 0.0941. The first-order valence-corrected chi connectivity index (χ1v) is 9.68. The molecular weight excluding hydrogens is 407 g/mol. The van der Waals surface area contributed by atoms with E-state index in [1.54, 1.807) is 26.0 Å². The summed E-state index contributed by atoms with van der Waals surface area (Å²) in [6.45, 7) is 3.19. The zero-order chi connectivity index (χ0) is 22.5. The maximum Gasteiger partial charge on any atom is 0.344 e. The molecule has 3 aromatic carbocycles. The monoisotopic (exact) mass is 429 g/mol. The number of esters is 1. The van der Waals surface area contributed by atoms with Gasteiger partial charge >= 0.3 is 5.97 Å². The van der Waals surface area contributed by atoms with Crippen molar-refractivity contribution in [3.05, 3.63) is 77.6 Å². The fraction of sp³-hybridized carbons (Fsp3) is 0.208. The SMILES string of the molecule is CCOC(=O)COc1ccc(F)c(N(C)c2cc(-c3cccc(F)c3)ccc2F)c1C. The van der Waals surface area contributed by atoms with Gasteiger partial charge in [0, 0.05) is 12.6 Å². The van der Waals surface area contributed by atoms with Crippen LogP contribution in [0.1, 0.15) is 12.5 Å². The van der Waals surface area contributed by atoms with Gasteiger partial charge in [0.05, 0.1) is 18.0 Å². The van der Waals surface area contributed by atoms with Gasteiger partial charge in [0.1, 0.15) is 23.2 Å². The van der Waals surface area contributed by atoms with Crippen molar-refractivity contribution in [3.63, 3.8) is 0 Å². The van der Waals surface area contributed by atoms with Gasteiger partial charge in [-0.25, -0.2) is 18.0 Å². The van der Waals surface area contributed by atoms with Crippen LogP contribution in [0.5, 0.6) is 5.75 Å². The van der Waals surface area contributed by atoms with Crippen LogP contribution in [0.2, 0.25) is 0 Å². The van der Waals surface area contributed by atoms with Gasteiger partial charge in [0.2, 0.25) is 0 Å². The Balaban J connectivity index is 1.97. The van der Waals surface area contributed by atoms with Gasteiger partial charge in [-0.1, -0.05) is 18.2 Å². The maximum atomic E-state index is 14.7.